The van der Waals surface area contributed by atoms with Crippen LogP contribution >= 0.6 is 0 Å². The van der Waals surface area contributed by atoms with E-state index in [0.29, 0.717) is 23.9 Å². The Morgan fingerprint density at radius 1 is 1.08 bits per heavy atom. The van der Waals surface area contributed by atoms with Gasteiger partial charge in [-0.15, -0.1) is 0 Å². The second-order valence-corrected chi connectivity index (χ2v) is 7.81. The van der Waals surface area contributed by atoms with Crippen molar-refractivity contribution in [3.05, 3.63) is 18.2 Å². The summed E-state index contributed by atoms with van der Waals surface area (Å²) in [4.78, 5) is 13.1. The third kappa shape index (κ3) is 2.56. The molecule has 0 atom stereocenters. The van der Waals surface area contributed by atoms with E-state index in [1.807, 2.05) is 19.1 Å². The molecule has 0 aliphatic heterocycles. The number of para-hydroxylation sites is 1. The first kappa shape index (κ1) is 15.8. The molecule has 1 aromatic carbocycles. The highest BCUT2D eigenvalue weighted by Gasteiger charge is 2.55. The summed E-state index contributed by atoms with van der Waals surface area (Å²) in [5, 5.41) is 0. The average Bonchev–Trinajstić information content (AvgIpc) is 2.54. The fourth-order valence-corrected chi connectivity index (χ4v) is 5.62. The molecule has 4 nitrogen and oxygen atoms in total. The van der Waals surface area contributed by atoms with Crippen molar-refractivity contribution in [2.45, 2.75) is 45.4 Å². The van der Waals surface area contributed by atoms with Gasteiger partial charge in [0.2, 0.25) is 5.75 Å². The molecule has 4 heteroatoms. The quantitative estimate of drug-likeness (QED) is 0.599. The molecule has 4 aliphatic carbocycles. The van der Waals surface area contributed by atoms with Crippen molar-refractivity contribution in [3.63, 3.8) is 0 Å². The first-order valence-electron chi connectivity index (χ1n) is 9.15. The van der Waals surface area contributed by atoms with E-state index in [-0.39, 0.29) is 11.4 Å². The number of ether oxygens (including phenoxy) is 3. The molecular formula is C20H26O4. The molecule has 130 valence electrons. The lowest BCUT2D eigenvalue weighted by Crippen LogP contribution is -2.51. The van der Waals surface area contributed by atoms with E-state index in [0.717, 1.165) is 37.0 Å². The summed E-state index contributed by atoms with van der Waals surface area (Å²) in [6.07, 6.45) is 6.96. The van der Waals surface area contributed by atoms with E-state index in [4.69, 9.17) is 14.2 Å². The minimum Gasteiger partial charge on any atom is -0.490 e. The van der Waals surface area contributed by atoms with Crippen LogP contribution in [0.1, 0.15) is 45.4 Å². The van der Waals surface area contributed by atoms with Crippen LogP contribution in [-0.2, 0) is 4.79 Å². The normalized spacial score (nSPS) is 33.3. The van der Waals surface area contributed by atoms with Crippen LogP contribution in [0.25, 0.3) is 0 Å². The molecule has 0 unspecified atom stereocenters. The van der Waals surface area contributed by atoms with Gasteiger partial charge in [-0.1, -0.05) is 6.07 Å². The fourth-order valence-electron chi connectivity index (χ4n) is 5.62. The van der Waals surface area contributed by atoms with Crippen molar-refractivity contribution in [2.24, 2.45) is 23.2 Å². The molecule has 0 amide bonds. The number of rotatable bonds is 5. The summed E-state index contributed by atoms with van der Waals surface area (Å²) in [5.74, 6) is 3.72. The molecule has 0 heterocycles. The molecule has 0 N–H and O–H groups in total. The van der Waals surface area contributed by atoms with Gasteiger partial charge in [-0.3, -0.25) is 4.79 Å². The maximum Gasteiger partial charge on any atom is 0.317 e. The minimum atomic E-state index is -0.263. The van der Waals surface area contributed by atoms with Crippen LogP contribution < -0.4 is 14.2 Å². The van der Waals surface area contributed by atoms with Crippen LogP contribution in [0.3, 0.4) is 0 Å². The molecule has 4 bridgehead atoms. The maximum absolute atomic E-state index is 13.1. The molecular weight excluding hydrogens is 304 g/mol. The van der Waals surface area contributed by atoms with Gasteiger partial charge in [-0.25, -0.2) is 0 Å². The summed E-state index contributed by atoms with van der Waals surface area (Å²) < 4.78 is 16.9. The van der Waals surface area contributed by atoms with Crippen LogP contribution in [0.5, 0.6) is 17.2 Å². The lowest BCUT2D eigenvalue weighted by Gasteiger charge is -2.55. The Labute approximate surface area is 143 Å². The molecule has 5 rings (SSSR count). The van der Waals surface area contributed by atoms with Gasteiger partial charge in [0, 0.05) is 0 Å². The Morgan fingerprint density at radius 3 is 2.21 bits per heavy atom. The number of methoxy groups -OCH3 is 1. The van der Waals surface area contributed by atoms with E-state index in [9.17, 15) is 4.79 Å². The second-order valence-electron chi connectivity index (χ2n) is 7.81. The highest BCUT2D eigenvalue weighted by molar-refractivity contribution is 5.80. The van der Waals surface area contributed by atoms with Gasteiger partial charge in [0.25, 0.3) is 0 Å². The van der Waals surface area contributed by atoms with Crippen molar-refractivity contribution in [1.29, 1.82) is 0 Å². The van der Waals surface area contributed by atoms with Gasteiger partial charge in [0.15, 0.2) is 11.5 Å². The van der Waals surface area contributed by atoms with Crippen molar-refractivity contribution >= 4 is 5.97 Å². The predicted molar refractivity (Wildman–Crippen MR) is 90.4 cm³/mol. The first-order chi connectivity index (χ1) is 11.6. The molecule has 0 aromatic heterocycles. The number of esters is 1. The summed E-state index contributed by atoms with van der Waals surface area (Å²) in [7, 11) is 1.58. The molecule has 4 aliphatic rings. The van der Waals surface area contributed by atoms with Gasteiger partial charge in [-0.05, 0) is 75.3 Å². The third-order valence-electron chi connectivity index (χ3n) is 6.12. The summed E-state index contributed by atoms with van der Waals surface area (Å²) in [5.41, 5.74) is -0.263. The highest BCUT2D eigenvalue weighted by atomic mass is 16.6. The zero-order chi connectivity index (χ0) is 16.7. The fraction of sp³-hybridized carbons (Fsp3) is 0.650. The number of benzene rings is 1. The van der Waals surface area contributed by atoms with Gasteiger partial charge >= 0.3 is 5.97 Å². The van der Waals surface area contributed by atoms with Gasteiger partial charge in [0.1, 0.15) is 0 Å². The van der Waals surface area contributed by atoms with E-state index < -0.39 is 0 Å². The van der Waals surface area contributed by atoms with Crippen LogP contribution in [0.15, 0.2) is 18.2 Å². The SMILES string of the molecule is CCOc1cccc(OC(=O)C23CC4CC(CC(C4)C2)C3)c1OC. The topological polar surface area (TPSA) is 44.8 Å². The van der Waals surface area contributed by atoms with Crippen molar-refractivity contribution < 1.29 is 19.0 Å². The third-order valence-corrected chi connectivity index (χ3v) is 6.12. The Morgan fingerprint density at radius 2 is 1.67 bits per heavy atom. The number of carbonyl (C=O) groups is 1. The highest BCUT2D eigenvalue weighted by Crippen LogP contribution is 2.60. The van der Waals surface area contributed by atoms with E-state index >= 15 is 0 Å². The van der Waals surface area contributed by atoms with Crippen LogP contribution in [-0.4, -0.2) is 19.7 Å². The zero-order valence-electron chi connectivity index (χ0n) is 14.5. The van der Waals surface area contributed by atoms with Crippen molar-refractivity contribution in [2.75, 3.05) is 13.7 Å². The minimum absolute atomic E-state index is 0.0615. The number of hydrogen-bond donors (Lipinski definition) is 0. The number of hydrogen-bond acceptors (Lipinski definition) is 4. The summed E-state index contributed by atoms with van der Waals surface area (Å²) in [6, 6.07) is 5.47. The molecule has 4 saturated carbocycles. The lowest BCUT2D eigenvalue weighted by atomic mass is 9.49. The monoisotopic (exact) mass is 330 g/mol. The maximum atomic E-state index is 13.1. The van der Waals surface area contributed by atoms with Crippen LogP contribution in [0.2, 0.25) is 0 Å². The largest absolute Gasteiger partial charge is 0.490 e. The Kier molecular flexibility index (Phi) is 3.93. The van der Waals surface area contributed by atoms with Crippen LogP contribution in [0, 0.1) is 23.2 Å². The predicted octanol–water partition coefficient (Wildman–Crippen LogP) is 4.22. The molecule has 0 saturated heterocycles. The summed E-state index contributed by atoms with van der Waals surface area (Å²) >= 11 is 0. The van der Waals surface area contributed by atoms with Crippen LogP contribution in [0.4, 0.5) is 0 Å². The van der Waals surface area contributed by atoms with Gasteiger partial charge < -0.3 is 14.2 Å². The standard InChI is InChI=1S/C20H26O4/c1-3-23-16-5-4-6-17(18(16)22-2)24-19(21)20-10-13-7-14(11-20)9-15(8-13)12-20/h4-6,13-15H,3,7-12H2,1-2H3. The molecule has 1 aromatic rings. The van der Waals surface area contributed by atoms with E-state index in [2.05, 4.69) is 0 Å². The average molecular weight is 330 g/mol. The van der Waals surface area contributed by atoms with Gasteiger partial charge in [-0.2, -0.15) is 0 Å². The molecule has 24 heavy (non-hydrogen) atoms. The second kappa shape index (κ2) is 5.98. The summed E-state index contributed by atoms with van der Waals surface area (Å²) in [6.45, 7) is 2.47. The van der Waals surface area contributed by atoms with Crippen molar-refractivity contribution in [3.8, 4) is 17.2 Å². The Balaban J connectivity index is 1.57. The smallest absolute Gasteiger partial charge is 0.317 e. The van der Waals surface area contributed by atoms with Gasteiger partial charge in [0.05, 0.1) is 19.1 Å². The lowest BCUT2D eigenvalue weighted by molar-refractivity contribution is -0.161. The Bertz CT molecular complexity index is 601. The molecule has 4 fully saturated rings. The molecule has 0 radical (unpaired) electrons. The van der Waals surface area contributed by atoms with E-state index in [1.54, 1.807) is 13.2 Å². The Hall–Kier alpha value is -1.71. The first-order valence-corrected chi connectivity index (χ1v) is 9.15. The zero-order valence-corrected chi connectivity index (χ0v) is 14.5. The molecule has 0 spiro atoms. The van der Waals surface area contributed by atoms with Crippen molar-refractivity contribution in [1.82, 2.24) is 0 Å². The van der Waals surface area contributed by atoms with E-state index in [1.165, 1.54) is 19.3 Å². The number of carbonyl (C=O) groups excluding carboxylic acids is 1.